The second kappa shape index (κ2) is 5.15. The predicted octanol–water partition coefficient (Wildman–Crippen LogP) is 3.99. The standard InChI is InChI=1S/C13H16Cl2O2/c1-17-13(6-2-3-7-13)12(16)9-4-5-10(14)11(15)8-9/h4-5,8,12,16H,2-3,6-7H2,1H3. The van der Waals surface area contributed by atoms with Crippen LogP contribution in [0.2, 0.25) is 10.0 Å². The van der Waals surface area contributed by atoms with E-state index in [1.165, 1.54) is 0 Å². The highest BCUT2D eigenvalue weighted by molar-refractivity contribution is 6.42. The average molecular weight is 275 g/mol. The monoisotopic (exact) mass is 274 g/mol. The first-order chi connectivity index (χ1) is 8.09. The van der Waals surface area contributed by atoms with E-state index in [2.05, 4.69) is 0 Å². The molecule has 1 aliphatic rings. The van der Waals surface area contributed by atoms with Gasteiger partial charge >= 0.3 is 0 Å². The molecule has 2 nitrogen and oxygen atoms in total. The molecule has 1 atom stereocenters. The van der Waals surface area contributed by atoms with Crippen LogP contribution in [0.4, 0.5) is 0 Å². The van der Waals surface area contributed by atoms with Crippen LogP contribution < -0.4 is 0 Å². The van der Waals surface area contributed by atoms with Crippen LogP contribution in [-0.2, 0) is 4.74 Å². The van der Waals surface area contributed by atoms with Gasteiger partial charge in [0, 0.05) is 7.11 Å². The maximum Gasteiger partial charge on any atom is 0.108 e. The summed E-state index contributed by atoms with van der Waals surface area (Å²) in [6, 6.07) is 5.23. The molecule has 0 aliphatic heterocycles. The largest absolute Gasteiger partial charge is 0.385 e. The maximum atomic E-state index is 10.5. The molecule has 1 aromatic carbocycles. The van der Waals surface area contributed by atoms with Crippen LogP contribution in [0.1, 0.15) is 37.4 Å². The van der Waals surface area contributed by atoms with Crippen LogP contribution in [0.15, 0.2) is 18.2 Å². The number of methoxy groups -OCH3 is 1. The molecule has 0 heterocycles. The summed E-state index contributed by atoms with van der Waals surface area (Å²) in [7, 11) is 1.66. The van der Waals surface area contributed by atoms with Gasteiger partial charge < -0.3 is 9.84 Å². The third-order valence-corrected chi connectivity index (χ3v) is 4.35. The number of halogens is 2. The van der Waals surface area contributed by atoms with E-state index < -0.39 is 11.7 Å². The van der Waals surface area contributed by atoms with Crippen molar-refractivity contribution < 1.29 is 9.84 Å². The SMILES string of the molecule is COC1(C(O)c2ccc(Cl)c(Cl)c2)CCCC1. The number of ether oxygens (including phenoxy) is 1. The van der Waals surface area contributed by atoms with Crippen LogP contribution in [-0.4, -0.2) is 17.8 Å². The molecule has 2 rings (SSSR count). The van der Waals surface area contributed by atoms with E-state index >= 15 is 0 Å². The van der Waals surface area contributed by atoms with E-state index in [1.807, 2.05) is 0 Å². The highest BCUT2D eigenvalue weighted by Crippen LogP contribution is 2.43. The Morgan fingerprint density at radius 2 is 1.88 bits per heavy atom. The van der Waals surface area contributed by atoms with Crippen LogP contribution >= 0.6 is 23.2 Å². The Morgan fingerprint density at radius 1 is 1.24 bits per heavy atom. The molecule has 1 saturated carbocycles. The van der Waals surface area contributed by atoms with Gasteiger partial charge in [-0.05, 0) is 30.5 Å². The zero-order valence-corrected chi connectivity index (χ0v) is 11.3. The summed E-state index contributed by atoms with van der Waals surface area (Å²) in [6.45, 7) is 0. The zero-order valence-electron chi connectivity index (χ0n) is 9.75. The highest BCUT2D eigenvalue weighted by Gasteiger charge is 2.41. The summed E-state index contributed by atoms with van der Waals surface area (Å²) >= 11 is 11.8. The molecule has 1 N–H and O–H groups in total. The zero-order chi connectivity index (χ0) is 12.5. The fourth-order valence-corrected chi connectivity index (χ4v) is 2.86. The minimum absolute atomic E-state index is 0.461. The lowest BCUT2D eigenvalue weighted by atomic mass is 9.89. The fraction of sp³-hybridized carbons (Fsp3) is 0.538. The van der Waals surface area contributed by atoms with Crippen molar-refractivity contribution in [1.29, 1.82) is 0 Å². The highest BCUT2D eigenvalue weighted by atomic mass is 35.5. The minimum Gasteiger partial charge on any atom is -0.385 e. The third kappa shape index (κ3) is 2.45. The molecule has 1 aromatic rings. The molecule has 17 heavy (non-hydrogen) atoms. The molecule has 1 fully saturated rings. The molecule has 94 valence electrons. The Kier molecular flexibility index (Phi) is 3.99. The fourth-order valence-electron chi connectivity index (χ4n) is 2.55. The van der Waals surface area contributed by atoms with E-state index in [0.29, 0.717) is 10.0 Å². The smallest absolute Gasteiger partial charge is 0.108 e. The molecule has 0 bridgehead atoms. The summed E-state index contributed by atoms with van der Waals surface area (Å²) in [5, 5.41) is 11.4. The van der Waals surface area contributed by atoms with E-state index in [0.717, 1.165) is 31.2 Å². The first-order valence-corrected chi connectivity index (χ1v) is 6.53. The minimum atomic E-state index is -0.648. The van der Waals surface area contributed by atoms with Crippen molar-refractivity contribution in [2.24, 2.45) is 0 Å². The molecule has 0 radical (unpaired) electrons. The van der Waals surface area contributed by atoms with Gasteiger partial charge in [-0.1, -0.05) is 42.1 Å². The molecule has 0 amide bonds. The second-order valence-electron chi connectivity index (χ2n) is 4.55. The van der Waals surface area contributed by atoms with Crippen LogP contribution in [0.5, 0.6) is 0 Å². The lowest BCUT2D eigenvalue weighted by Gasteiger charge is -2.33. The predicted molar refractivity (Wildman–Crippen MR) is 69.6 cm³/mol. The summed E-state index contributed by atoms with van der Waals surface area (Å²) in [5.41, 5.74) is 0.306. The van der Waals surface area contributed by atoms with Crippen molar-refractivity contribution in [1.82, 2.24) is 0 Å². The first-order valence-electron chi connectivity index (χ1n) is 5.77. The number of aliphatic hydroxyl groups is 1. The lowest BCUT2D eigenvalue weighted by Crippen LogP contribution is -2.35. The Balaban J connectivity index is 2.29. The van der Waals surface area contributed by atoms with Gasteiger partial charge in [-0.25, -0.2) is 0 Å². The molecule has 0 aromatic heterocycles. The summed E-state index contributed by atoms with van der Waals surface area (Å²) < 4.78 is 5.56. The second-order valence-corrected chi connectivity index (χ2v) is 5.37. The Bertz CT molecular complexity index is 400. The summed E-state index contributed by atoms with van der Waals surface area (Å²) in [4.78, 5) is 0. The van der Waals surface area contributed by atoms with Crippen LogP contribution in [0.25, 0.3) is 0 Å². The van der Waals surface area contributed by atoms with E-state index in [4.69, 9.17) is 27.9 Å². The Morgan fingerprint density at radius 3 is 2.41 bits per heavy atom. The van der Waals surface area contributed by atoms with Crippen molar-refractivity contribution in [3.63, 3.8) is 0 Å². The first kappa shape index (κ1) is 13.2. The van der Waals surface area contributed by atoms with E-state index in [1.54, 1.807) is 25.3 Å². The molecular weight excluding hydrogens is 259 g/mol. The van der Waals surface area contributed by atoms with E-state index in [9.17, 15) is 5.11 Å². The number of hydrogen-bond acceptors (Lipinski definition) is 2. The average Bonchev–Trinajstić information content (AvgIpc) is 2.81. The third-order valence-electron chi connectivity index (χ3n) is 3.61. The normalized spacial score (nSPS) is 20.5. The Labute approximate surface area is 111 Å². The van der Waals surface area contributed by atoms with Gasteiger partial charge in [0.05, 0.1) is 15.6 Å². The van der Waals surface area contributed by atoms with Crippen molar-refractivity contribution in [2.45, 2.75) is 37.4 Å². The van der Waals surface area contributed by atoms with Crippen molar-refractivity contribution in [2.75, 3.05) is 7.11 Å². The van der Waals surface area contributed by atoms with Crippen LogP contribution in [0, 0.1) is 0 Å². The molecular formula is C13H16Cl2O2. The molecule has 1 unspecified atom stereocenters. The number of aliphatic hydroxyl groups excluding tert-OH is 1. The maximum absolute atomic E-state index is 10.5. The van der Waals surface area contributed by atoms with Crippen molar-refractivity contribution >= 4 is 23.2 Å². The number of rotatable bonds is 3. The van der Waals surface area contributed by atoms with Gasteiger partial charge in [0.1, 0.15) is 6.10 Å². The Hall–Kier alpha value is -0.280. The molecule has 4 heteroatoms. The molecule has 0 saturated heterocycles. The van der Waals surface area contributed by atoms with E-state index in [-0.39, 0.29) is 0 Å². The van der Waals surface area contributed by atoms with Gasteiger partial charge in [-0.2, -0.15) is 0 Å². The van der Waals surface area contributed by atoms with Crippen molar-refractivity contribution in [3.8, 4) is 0 Å². The quantitative estimate of drug-likeness (QED) is 0.903. The molecule has 0 spiro atoms. The van der Waals surface area contributed by atoms with Gasteiger partial charge in [-0.3, -0.25) is 0 Å². The summed E-state index contributed by atoms with van der Waals surface area (Å²) in [6.07, 6.45) is 3.29. The van der Waals surface area contributed by atoms with Gasteiger partial charge in [-0.15, -0.1) is 0 Å². The lowest BCUT2D eigenvalue weighted by molar-refractivity contribution is -0.100. The summed E-state index contributed by atoms with van der Waals surface area (Å²) in [5.74, 6) is 0. The van der Waals surface area contributed by atoms with Crippen molar-refractivity contribution in [3.05, 3.63) is 33.8 Å². The number of benzene rings is 1. The van der Waals surface area contributed by atoms with Gasteiger partial charge in [0.15, 0.2) is 0 Å². The topological polar surface area (TPSA) is 29.5 Å². The number of hydrogen-bond donors (Lipinski definition) is 1. The van der Waals surface area contributed by atoms with Crippen LogP contribution in [0.3, 0.4) is 0 Å². The molecule has 1 aliphatic carbocycles. The van der Waals surface area contributed by atoms with Gasteiger partial charge in [0.25, 0.3) is 0 Å². The van der Waals surface area contributed by atoms with Gasteiger partial charge in [0.2, 0.25) is 0 Å².